The Balaban J connectivity index is 2.36. The highest BCUT2D eigenvalue weighted by molar-refractivity contribution is 5.07. The van der Waals surface area contributed by atoms with Gasteiger partial charge in [0, 0.05) is 0 Å². The summed E-state index contributed by atoms with van der Waals surface area (Å²) >= 11 is 0. The van der Waals surface area contributed by atoms with Crippen LogP contribution in [0.2, 0.25) is 0 Å². The minimum Gasteiger partial charge on any atom is -0.353 e. The average Bonchev–Trinajstić information content (AvgIpc) is 2.96. The Kier molecular flexibility index (Phi) is 2.66. The van der Waals surface area contributed by atoms with Gasteiger partial charge in [0.1, 0.15) is 0 Å². The maximum absolute atomic E-state index is 10.2. The highest BCUT2D eigenvalue weighted by Crippen LogP contribution is 2.23. The molecule has 0 aliphatic rings. The van der Waals surface area contributed by atoms with Gasteiger partial charge in [-0.3, -0.25) is 0 Å². The predicted molar refractivity (Wildman–Crippen MR) is 47.5 cm³/mol. The van der Waals surface area contributed by atoms with E-state index >= 15 is 0 Å². The molecule has 2 rings (SSSR count). The van der Waals surface area contributed by atoms with Crippen LogP contribution in [0.15, 0.2) is 12.7 Å². The van der Waals surface area contributed by atoms with Crippen molar-refractivity contribution in [2.75, 3.05) is 6.61 Å². The van der Waals surface area contributed by atoms with Gasteiger partial charge in [-0.1, -0.05) is 6.08 Å². The van der Waals surface area contributed by atoms with Crippen LogP contribution in [0.4, 0.5) is 0 Å². The van der Waals surface area contributed by atoms with E-state index in [1.807, 2.05) is 0 Å². The monoisotopic (exact) mass is 224 g/mol. The Morgan fingerprint density at radius 2 is 1.81 bits per heavy atom. The Labute approximate surface area is 88.7 Å². The lowest BCUT2D eigenvalue weighted by atomic mass is 10.2. The van der Waals surface area contributed by atoms with Crippen LogP contribution in [0, 0.1) is 0 Å². The fourth-order valence-corrected chi connectivity index (χ4v) is 1.02. The predicted octanol–water partition coefficient (Wildman–Crippen LogP) is -1.89. The van der Waals surface area contributed by atoms with Gasteiger partial charge in [-0.15, -0.1) is 27.0 Å². The molecule has 0 aromatic carbocycles. The summed E-state index contributed by atoms with van der Waals surface area (Å²) in [6.07, 6.45) is 1.45. The van der Waals surface area contributed by atoms with E-state index in [1.165, 1.54) is 6.08 Å². The van der Waals surface area contributed by atoms with Crippen LogP contribution in [0.25, 0.3) is 0 Å². The number of nitrogens with one attached hydrogen (secondary N) is 2. The Morgan fingerprint density at radius 1 is 1.25 bits per heavy atom. The van der Waals surface area contributed by atoms with E-state index in [4.69, 9.17) is 4.74 Å². The van der Waals surface area contributed by atoms with Crippen molar-refractivity contribution >= 4 is 0 Å². The van der Waals surface area contributed by atoms with E-state index in [2.05, 4.69) is 47.8 Å². The van der Waals surface area contributed by atoms with Crippen LogP contribution in [-0.4, -0.2) is 53.0 Å². The van der Waals surface area contributed by atoms with E-state index in [1.54, 1.807) is 0 Å². The Hall–Kier alpha value is -2.20. The molecule has 0 aliphatic carbocycles. The number of aromatic amines is 2. The molecule has 3 N–H and O–H groups in total. The molecule has 0 aliphatic heterocycles. The van der Waals surface area contributed by atoms with Gasteiger partial charge < -0.3 is 9.84 Å². The molecule has 0 bridgehead atoms. The van der Waals surface area contributed by atoms with Crippen LogP contribution in [0.5, 0.6) is 0 Å². The number of rotatable bonds is 5. The van der Waals surface area contributed by atoms with Crippen LogP contribution in [0.3, 0.4) is 0 Å². The quantitative estimate of drug-likeness (QED) is 0.395. The molecule has 0 fully saturated rings. The highest BCUT2D eigenvalue weighted by Gasteiger charge is 2.41. The first-order valence-corrected chi connectivity index (χ1v) is 4.22. The number of hydrogen-bond acceptors (Lipinski definition) is 8. The van der Waals surface area contributed by atoms with Crippen LogP contribution in [-0.2, 0) is 10.5 Å². The minimum atomic E-state index is -2.01. The van der Waals surface area contributed by atoms with Crippen LogP contribution < -0.4 is 0 Å². The highest BCUT2D eigenvalue weighted by atomic mass is 16.6. The fraction of sp³-hybridized carbons (Fsp3) is 0.333. The molecule has 0 saturated heterocycles. The number of aromatic nitrogens is 8. The minimum absolute atomic E-state index is 0.0551. The fourth-order valence-electron chi connectivity index (χ4n) is 1.02. The zero-order chi connectivity index (χ0) is 11.4. The molecule has 2 aromatic rings. The third-order valence-electron chi connectivity index (χ3n) is 1.71. The number of tetrazole rings is 2. The SMILES string of the molecule is C=CCOC(O)(c1nn[nH]n1)c1nn[nH]n1. The molecule has 10 nitrogen and oxygen atoms in total. The Bertz CT molecular complexity index is 403. The second-order valence-electron chi connectivity index (χ2n) is 2.71. The van der Waals surface area contributed by atoms with E-state index in [9.17, 15) is 5.11 Å². The van der Waals surface area contributed by atoms with Gasteiger partial charge in [0.05, 0.1) is 6.61 Å². The van der Waals surface area contributed by atoms with Gasteiger partial charge >= 0.3 is 0 Å². The smallest absolute Gasteiger partial charge is 0.298 e. The molecule has 0 spiro atoms. The van der Waals surface area contributed by atoms with Gasteiger partial charge in [-0.25, -0.2) is 0 Å². The number of hydrogen-bond donors (Lipinski definition) is 3. The first-order chi connectivity index (χ1) is 7.77. The van der Waals surface area contributed by atoms with E-state index < -0.39 is 5.79 Å². The lowest BCUT2D eigenvalue weighted by Crippen LogP contribution is -2.34. The zero-order valence-corrected chi connectivity index (χ0v) is 8.03. The summed E-state index contributed by atoms with van der Waals surface area (Å²) < 4.78 is 5.14. The van der Waals surface area contributed by atoms with Gasteiger partial charge in [-0.2, -0.15) is 10.4 Å². The van der Waals surface area contributed by atoms with Crippen molar-refractivity contribution in [3.63, 3.8) is 0 Å². The number of nitrogens with zero attached hydrogens (tertiary/aromatic N) is 6. The summed E-state index contributed by atoms with van der Waals surface area (Å²) in [5, 5.41) is 35.7. The molecule has 16 heavy (non-hydrogen) atoms. The number of H-pyrrole nitrogens is 2. The average molecular weight is 224 g/mol. The molecule has 0 atom stereocenters. The lowest BCUT2D eigenvalue weighted by Gasteiger charge is -2.19. The summed E-state index contributed by atoms with van der Waals surface area (Å²) in [6, 6.07) is 0. The number of ether oxygens (including phenoxy) is 1. The molecular formula is C6H8N8O2. The second-order valence-corrected chi connectivity index (χ2v) is 2.71. The molecule has 0 saturated carbocycles. The van der Waals surface area contributed by atoms with Crippen molar-refractivity contribution in [2.45, 2.75) is 5.79 Å². The van der Waals surface area contributed by atoms with Crippen LogP contribution in [0.1, 0.15) is 11.6 Å². The van der Waals surface area contributed by atoms with Crippen molar-refractivity contribution in [3.8, 4) is 0 Å². The van der Waals surface area contributed by atoms with Crippen molar-refractivity contribution in [3.05, 3.63) is 24.3 Å². The largest absolute Gasteiger partial charge is 0.353 e. The third-order valence-corrected chi connectivity index (χ3v) is 1.71. The molecule has 2 heterocycles. The second kappa shape index (κ2) is 4.12. The van der Waals surface area contributed by atoms with E-state index in [0.29, 0.717) is 0 Å². The van der Waals surface area contributed by atoms with Gasteiger partial charge in [0.2, 0.25) is 11.6 Å². The molecule has 2 aromatic heterocycles. The van der Waals surface area contributed by atoms with Gasteiger partial charge in [0.25, 0.3) is 5.79 Å². The van der Waals surface area contributed by atoms with E-state index in [0.717, 1.165) is 0 Å². The van der Waals surface area contributed by atoms with E-state index in [-0.39, 0.29) is 18.3 Å². The first-order valence-electron chi connectivity index (χ1n) is 4.22. The molecule has 0 radical (unpaired) electrons. The standard InChI is InChI=1S/C6H8N8O2/c1-2-3-16-6(15,4-7-11-12-8-4)5-9-13-14-10-5/h2,15H,1,3H2,(H,7,8,11,12)(H,9,10,13,14). The molecular weight excluding hydrogens is 216 g/mol. The Morgan fingerprint density at radius 3 is 2.19 bits per heavy atom. The number of aliphatic hydroxyl groups is 1. The lowest BCUT2D eigenvalue weighted by molar-refractivity contribution is -0.183. The van der Waals surface area contributed by atoms with Crippen molar-refractivity contribution in [1.82, 2.24) is 41.2 Å². The first kappa shape index (κ1) is 10.3. The summed E-state index contributed by atoms with van der Waals surface area (Å²) in [5.41, 5.74) is 0. The molecule has 0 unspecified atom stereocenters. The van der Waals surface area contributed by atoms with Crippen LogP contribution >= 0.6 is 0 Å². The van der Waals surface area contributed by atoms with Crippen molar-refractivity contribution in [2.24, 2.45) is 0 Å². The molecule has 0 amide bonds. The van der Waals surface area contributed by atoms with Crippen molar-refractivity contribution in [1.29, 1.82) is 0 Å². The summed E-state index contributed by atoms with van der Waals surface area (Å²) in [6.45, 7) is 3.52. The zero-order valence-electron chi connectivity index (χ0n) is 8.03. The topological polar surface area (TPSA) is 138 Å². The van der Waals surface area contributed by atoms with Gasteiger partial charge in [0.15, 0.2) is 0 Å². The maximum atomic E-state index is 10.2. The third kappa shape index (κ3) is 1.66. The molecule has 10 heteroatoms. The molecule has 84 valence electrons. The maximum Gasteiger partial charge on any atom is 0.298 e. The summed E-state index contributed by atoms with van der Waals surface area (Å²) in [4.78, 5) is 0. The normalized spacial score (nSPS) is 11.6. The van der Waals surface area contributed by atoms with Gasteiger partial charge in [-0.05, 0) is 10.4 Å². The summed E-state index contributed by atoms with van der Waals surface area (Å²) in [5.74, 6) is -2.24. The summed E-state index contributed by atoms with van der Waals surface area (Å²) in [7, 11) is 0. The van der Waals surface area contributed by atoms with Crippen molar-refractivity contribution < 1.29 is 9.84 Å².